The summed E-state index contributed by atoms with van der Waals surface area (Å²) in [6, 6.07) is 0. The highest BCUT2D eigenvalue weighted by atomic mass is 16.6. The number of aliphatic hydroxyl groups is 4. The first-order chi connectivity index (χ1) is 5.57. The van der Waals surface area contributed by atoms with E-state index < -0.39 is 37.0 Å². The van der Waals surface area contributed by atoms with Gasteiger partial charge in [0.05, 0.1) is 6.61 Å². The topological polar surface area (TPSA) is 107 Å². The third kappa shape index (κ3) is 1.42. The fourth-order valence-corrected chi connectivity index (χ4v) is 1.00. The molecule has 1 aliphatic rings. The Morgan fingerprint density at radius 2 is 2.08 bits per heavy atom. The zero-order valence-electron chi connectivity index (χ0n) is 6.12. The quantitative estimate of drug-likeness (QED) is 0.335. The van der Waals surface area contributed by atoms with Gasteiger partial charge in [0.1, 0.15) is 12.2 Å². The maximum Gasteiger partial charge on any atom is 0.338 e. The highest BCUT2D eigenvalue weighted by Gasteiger charge is 2.45. The van der Waals surface area contributed by atoms with Crippen molar-refractivity contribution in [2.75, 3.05) is 6.61 Å². The fraction of sp³-hybridized carbons (Fsp3) is 0.833. The number of esters is 1. The minimum absolute atomic E-state index is 0.637. The molecule has 0 bridgehead atoms. The lowest BCUT2D eigenvalue weighted by atomic mass is 10.1. The van der Waals surface area contributed by atoms with E-state index in [-0.39, 0.29) is 0 Å². The Kier molecular flexibility index (Phi) is 2.63. The van der Waals surface area contributed by atoms with Crippen LogP contribution in [-0.4, -0.2) is 57.4 Å². The molecule has 1 aliphatic heterocycles. The Balaban J connectivity index is 2.64. The molecular weight excluding hydrogens is 168 g/mol. The Bertz CT molecular complexity index is 181. The Labute approximate surface area is 68.0 Å². The molecule has 70 valence electrons. The summed E-state index contributed by atoms with van der Waals surface area (Å²) >= 11 is 0. The number of aliphatic hydroxyl groups excluding tert-OH is 4. The van der Waals surface area contributed by atoms with Crippen LogP contribution in [0.5, 0.6) is 0 Å². The summed E-state index contributed by atoms with van der Waals surface area (Å²) < 4.78 is 4.39. The molecule has 0 aromatic carbocycles. The zero-order valence-corrected chi connectivity index (χ0v) is 6.12. The number of carbonyl (C=O) groups excluding carboxylic acids is 1. The van der Waals surface area contributed by atoms with Crippen molar-refractivity contribution in [1.82, 2.24) is 0 Å². The lowest BCUT2D eigenvalue weighted by molar-refractivity contribution is -0.151. The van der Waals surface area contributed by atoms with Crippen LogP contribution in [0.25, 0.3) is 0 Å². The molecule has 1 heterocycles. The van der Waals surface area contributed by atoms with E-state index in [1.807, 2.05) is 0 Å². The van der Waals surface area contributed by atoms with Crippen LogP contribution in [-0.2, 0) is 9.53 Å². The molecule has 0 amide bonds. The molecule has 1 fully saturated rings. The molecule has 1 saturated heterocycles. The number of hydrogen-bond donors (Lipinski definition) is 4. The molecule has 0 saturated carbocycles. The molecule has 0 aromatic heterocycles. The molecule has 1 rings (SSSR count). The van der Waals surface area contributed by atoms with Gasteiger partial charge in [-0.3, -0.25) is 0 Å². The van der Waals surface area contributed by atoms with Crippen LogP contribution in [0.3, 0.4) is 0 Å². The standard InChI is InChI=1S/C6H10O6/c7-1-2(8)5-3(9)4(10)6(11)12-5/h2-5,7-10H,1H2/t2?,3-,4?,5-/m0/s1. The molecule has 0 spiro atoms. The van der Waals surface area contributed by atoms with Gasteiger partial charge in [-0.25, -0.2) is 4.79 Å². The Morgan fingerprint density at radius 1 is 1.50 bits per heavy atom. The van der Waals surface area contributed by atoms with Gasteiger partial charge in [-0.05, 0) is 0 Å². The second-order valence-electron chi connectivity index (χ2n) is 2.59. The highest BCUT2D eigenvalue weighted by Crippen LogP contribution is 2.18. The third-order valence-corrected chi connectivity index (χ3v) is 1.72. The minimum Gasteiger partial charge on any atom is -0.455 e. The van der Waals surface area contributed by atoms with Gasteiger partial charge in [-0.2, -0.15) is 0 Å². The van der Waals surface area contributed by atoms with Gasteiger partial charge in [0.25, 0.3) is 0 Å². The van der Waals surface area contributed by atoms with Crippen molar-refractivity contribution < 1.29 is 30.0 Å². The molecule has 6 nitrogen and oxygen atoms in total. The highest BCUT2D eigenvalue weighted by molar-refractivity contribution is 5.77. The summed E-state index contributed by atoms with van der Waals surface area (Å²) in [5, 5.41) is 35.3. The molecule has 0 aromatic rings. The van der Waals surface area contributed by atoms with E-state index in [1.54, 1.807) is 0 Å². The summed E-state index contributed by atoms with van der Waals surface area (Å²) in [6.07, 6.45) is -5.70. The van der Waals surface area contributed by atoms with Gasteiger partial charge < -0.3 is 25.2 Å². The molecule has 0 aliphatic carbocycles. The SMILES string of the molecule is O=C1O[C@@H](C(O)CO)[C@@H](O)C1O. The van der Waals surface area contributed by atoms with E-state index in [0.717, 1.165) is 0 Å². The summed E-state index contributed by atoms with van der Waals surface area (Å²) in [5.74, 6) is -0.986. The average Bonchev–Trinajstić information content (AvgIpc) is 2.32. The van der Waals surface area contributed by atoms with Crippen molar-refractivity contribution in [2.24, 2.45) is 0 Å². The van der Waals surface area contributed by atoms with Crippen LogP contribution >= 0.6 is 0 Å². The maximum absolute atomic E-state index is 10.6. The van der Waals surface area contributed by atoms with E-state index in [4.69, 9.17) is 20.4 Å². The van der Waals surface area contributed by atoms with E-state index in [2.05, 4.69) is 4.74 Å². The van der Waals surface area contributed by atoms with Crippen molar-refractivity contribution in [3.8, 4) is 0 Å². The second kappa shape index (κ2) is 3.36. The van der Waals surface area contributed by atoms with E-state index >= 15 is 0 Å². The first kappa shape index (κ1) is 9.40. The van der Waals surface area contributed by atoms with Crippen LogP contribution in [0.15, 0.2) is 0 Å². The van der Waals surface area contributed by atoms with Gasteiger partial charge in [-0.15, -0.1) is 0 Å². The lowest BCUT2D eigenvalue weighted by Crippen LogP contribution is -2.40. The average molecular weight is 178 g/mol. The normalized spacial score (nSPS) is 38.0. The number of cyclic esters (lactones) is 1. The van der Waals surface area contributed by atoms with Gasteiger partial charge in [-0.1, -0.05) is 0 Å². The monoisotopic (exact) mass is 178 g/mol. The predicted molar refractivity (Wildman–Crippen MR) is 35.0 cm³/mol. The molecule has 4 N–H and O–H groups in total. The third-order valence-electron chi connectivity index (χ3n) is 1.72. The molecule has 0 radical (unpaired) electrons. The summed E-state index contributed by atoms with van der Waals surface area (Å²) in [5.41, 5.74) is 0. The Morgan fingerprint density at radius 3 is 2.42 bits per heavy atom. The van der Waals surface area contributed by atoms with Gasteiger partial charge in [0, 0.05) is 0 Å². The van der Waals surface area contributed by atoms with Crippen LogP contribution in [0.1, 0.15) is 0 Å². The lowest BCUT2D eigenvalue weighted by Gasteiger charge is -2.17. The molecule has 4 atom stereocenters. The molecule has 6 heteroatoms. The predicted octanol–water partition coefficient (Wildman–Crippen LogP) is -3.01. The van der Waals surface area contributed by atoms with Crippen molar-refractivity contribution in [3.63, 3.8) is 0 Å². The van der Waals surface area contributed by atoms with Crippen molar-refractivity contribution >= 4 is 5.97 Å². The van der Waals surface area contributed by atoms with E-state index in [1.165, 1.54) is 0 Å². The van der Waals surface area contributed by atoms with Crippen molar-refractivity contribution in [3.05, 3.63) is 0 Å². The first-order valence-corrected chi connectivity index (χ1v) is 3.43. The van der Waals surface area contributed by atoms with Crippen molar-refractivity contribution in [1.29, 1.82) is 0 Å². The smallest absolute Gasteiger partial charge is 0.338 e. The first-order valence-electron chi connectivity index (χ1n) is 3.43. The number of rotatable bonds is 2. The number of hydrogen-bond acceptors (Lipinski definition) is 6. The van der Waals surface area contributed by atoms with E-state index in [0.29, 0.717) is 0 Å². The Hall–Kier alpha value is -0.690. The van der Waals surface area contributed by atoms with Gasteiger partial charge in [0.2, 0.25) is 0 Å². The summed E-state index contributed by atoms with van der Waals surface area (Å²) in [6.45, 7) is -0.637. The van der Waals surface area contributed by atoms with Crippen LogP contribution in [0, 0.1) is 0 Å². The maximum atomic E-state index is 10.6. The van der Waals surface area contributed by atoms with Gasteiger partial charge >= 0.3 is 5.97 Å². The molecule has 2 unspecified atom stereocenters. The number of ether oxygens (including phenoxy) is 1. The fourth-order valence-electron chi connectivity index (χ4n) is 1.00. The number of carbonyl (C=O) groups is 1. The molecular formula is C6H10O6. The minimum atomic E-state index is -1.63. The van der Waals surface area contributed by atoms with E-state index in [9.17, 15) is 4.79 Å². The van der Waals surface area contributed by atoms with Crippen LogP contribution in [0.4, 0.5) is 0 Å². The van der Waals surface area contributed by atoms with Gasteiger partial charge in [0.15, 0.2) is 12.2 Å². The van der Waals surface area contributed by atoms with Crippen LogP contribution in [0.2, 0.25) is 0 Å². The van der Waals surface area contributed by atoms with Crippen molar-refractivity contribution in [2.45, 2.75) is 24.4 Å². The zero-order chi connectivity index (χ0) is 9.30. The largest absolute Gasteiger partial charge is 0.455 e. The summed E-state index contributed by atoms with van der Waals surface area (Å²) in [4.78, 5) is 10.6. The molecule has 12 heavy (non-hydrogen) atoms. The second-order valence-corrected chi connectivity index (χ2v) is 2.59. The summed E-state index contributed by atoms with van der Waals surface area (Å²) in [7, 11) is 0. The van der Waals surface area contributed by atoms with Crippen LogP contribution < -0.4 is 0 Å².